The summed E-state index contributed by atoms with van der Waals surface area (Å²) >= 11 is 0. The second kappa shape index (κ2) is 4.80. The molecule has 1 saturated carbocycles. The van der Waals surface area contributed by atoms with E-state index in [0.717, 1.165) is 12.8 Å². The zero-order chi connectivity index (χ0) is 11.5. The van der Waals surface area contributed by atoms with Gasteiger partial charge in [0.05, 0.1) is 11.4 Å². The van der Waals surface area contributed by atoms with Crippen molar-refractivity contribution in [3.05, 3.63) is 0 Å². The molecular weight excluding hydrogens is 214 g/mol. The highest BCUT2D eigenvalue weighted by atomic mass is 32.2. The molecule has 4 nitrogen and oxygen atoms in total. The first-order chi connectivity index (χ1) is 6.91. The van der Waals surface area contributed by atoms with Crippen molar-refractivity contribution in [3.8, 4) is 0 Å². The number of rotatable bonds is 7. The van der Waals surface area contributed by atoms with Crippen LogP contribution in [0.4, 0.5) is 0 Å². The van der Waals surface area contributed by atoms with Crippen LogP contribution >= 0.6 is 0 Å². The molecule has 0 aromatic heterocycles. The standard InChI is InChI=1S/C10H21NO3S/c1-3-10(12,4-2)8-11-15(13,14)7-9-5-6-9/h9,11-12H,3-8H2,1-2H3. The Morgan fingerprint density at radius 1 is 1.33 bits per heavy atom. The van der Waals surface area contributed by atoms with E-state index in [1.165, 1.54) is 0 Å². The molecule has 2 N–H and O–H groups in total. The maximum absolute atomic E-state index is 11.5. The predicted octanol–water partition coefficient (Wildman–Crippen LogP) is 0.867. The van der Waals surface area contributed by atoms with Gasteiger partial charge in [0.1, 0.15) is 0 Å². The fourth-order valence-corrected chi connectivity index (χ4v) is 2.96. The fraction of sp³-hybridized carbons (Fsp3) is 1.00. The zero-order valence-corrected chi connectivity index (χ0v) is 10.3. The maximum Gasteiger partial charge on any atom is 0.211 e. The van der Waals surface area contributed by atoms with Crippen LogP contribution in [-0.2, 0) is 10.0 Å². The minimum atomic E-state index is -3.18. The molecular formula is C10H21NO3S. The van der Waals surface area contributed by atoms with Crippen molar-refractivity contribution in [1.29, 1.82) is 0 Å². The number of nitrogens with one attached hydrogen (secondary N) is 1. The minimum Gasteiger partial charge on any atom is -0.389 e. The molecule has 0 aliphatic heterocycles. The van der Waals surface area contributed by atoms with Gasteiger partial charge in [-0.25, -0.2) is 13.1 Å². The van der Waals surface area contributed by atoms with Crippen molar-refractivity contribution in [2.45, 2.75) is 45.1 Å². The molecule has 0 aromatic carbocycles. The molecule has 1 aliphatic rings. The lowest BCUT2D eigenvalue weighted by atomic mass is 9.98. The summed E-state index contributed by atoms with van der Waals surface area (Å²) in [5, 5.41) is 9.91. The topological polar surface area (TPSA) is 66.4 Å². The summed E-state index contributed by atoms with van der Waals surface area (Å²) in [6.45, 7) is 3.85. The van der Waals surface area contributed by atoms with Crippen LogP contribution in [0, 0.1) is 5.92 Å². The number of hydrogen-bond donors (Lipinski definition) is 2. The third-order valence-electron chi connectivity index (χ3n) is 3.09. The van der Waals surface area contributed by atoms with Gasteiger partial charge < -0.3 is 5.11 Å². The van der Waals surface area contributed by atoms with Gasteiger partial charge in [-0.15, -0.1) is 0 Å². The van der Waals surface area contributed by atoms with Crippen LogP contribution in [0.2, 0.25) is 0 Å². The summed E-state index contributed by atoms with van der Waals surface area (Å²) in [4.78, 5) is 0. The van der Waals surface area contributed by atoms with Crippen molar-refractivity contribution in [1.82, 2.24) is 4.72 Å². The zero-order valence-electron chi connectivity index (χ0n) is 9.49. The Labute approximate surface area is 92.1 Å². The van der Waals surface area contributed by atoms with Crippen LogP contribution in [0.25, 0.3) is 0 Å². The van der Waals surface area contributed by atoms with Gasteiger partial charge >= 0.3 is 0 Å². The molecule has 0 saturated heterocycles. The summed E-state index contributed by atoms with van der Waals surface area (Å²) in [5.41, 5.74) is -0.892. The molecule has 0 bridgehead atoms. The summed E-state index contributed by atoms with van der Waals surface area (Å²) < 4.78 is 25.6. The fourth-order valence-electron chi connectivity index (χ4n) is 1.40. The predicted molar refractivity (Wildman–Crippen MR) is 60.0 cm³/mol. The van der Waals surface area contributed by atoms with Gasteiger partial charge in [-0.3, -0.25) is 0 Å². The highest BCUT2D eigenvalue weighted by Crippen LogP contribution is 2.30. The van der Waals surface area contributed by atoms with Crippen molar-refractivity contribution < 1.29 is 13.5 Å². The second-order valence-electron chi connectivity index (χ2n) is 4.48. The van der Waals surface area contributed by atoms with E-state index in [2.05, 4.69) is 4.72 Å². The smallest absolute Gasteiger partial charge is 0.211 e. The maximum atomic E-state index is 11.5. The van der Waals surface area contributed by atoms with E-state index in [0.29, 0.717) is 18.8 Å². The van der Waals surface area contributed by atoms with E-state index in [1.807, 2.05) is 13.8 Å². The van der Waals surface area contributed by atoms with Crippen LogP contribution < -0.4 is 4.72 Å². The van der Waals surface area contributed by atoms with E-state index < -0.39 is 15.6 Å². The van der Waals surface area contributed by atoms with Crippen molar-refractivity contribution >= 4 is 10.0 Å². The monoisotopic (exact) mass is 235 g/mol. The molecule has 5 heteroatoms. The molecule has 0 unspecified atom stereocenters. The first-order valence-corrected chi connectivity index (χ1v) is 7.26. The van der Waals surface area contributed by atoms with Gasteiger partial charge in [0, 0.05) is 6.54 Å². The van der Waals surface area contributed by atoms with Gasteiger partial charge in [-0.1, -0.05) is 13.8 Å². The summed E-state index contributed by atoms with van der Waals surface area (Å²) in [6, 6.07) is 0. The Morgan fingerprint density at radius 2 is 1.87 bits per heavy atom. The van der Waals surface area contributed by atoms with E-state index in [-0.39, 0.29) is 12.3 Å². The van der Waals surface area contributed by atoms with E-state index in [1.54, 1.807) is 0 Å². The summed E-state index contributed by atoms with van der Waals surface area (Å²) in [7, 11) is -3.18. The molecule has 0 heterocycles. The summed E-state index contributed by atoms with van der Waals surface area (Å²) in [5.74, 6) is 0.565. The quantitative estimate of drug-likeness (QED) is 0.688. The third kappa shape index (κ3) is 4.49. The SMILES string of the molecule is CCC(O)(CC)CNS(=O)(=O)CC1CC1. The van der Waals surface area contributed by atoms with Gasteiger partial charge in [-0.2, -0.15) is 0 Å². The van der Waals surface area contributed by atoms with Crippen LogP contribution in [0.3, 0.4) is 0 Å². The van der Waals surface area contributed by atoms with Gasteiger partial charge in [-0.05, 0) is 31.6 Å². The lowest BCUT2D eigenvalue weighted by Crippen LogP contribution is -2.42. The number of hydrogen-bond acceptors (Lipinski definition) is 3. The molecule has 1 aliphatic carbocycles. The Morgan fingerprint density at radius 3 is 2.27 bits per heavy atom. The highest BCUT2D eigenvalue weighted by Gasteiger charge is 2.30. The van der Waals surface area contributed by atoms with E-state index >= 15 is 0 Å². The lowest BCUT2D eigenvalue weighted by molar-refractivity contribution is 0.0377. The van der Waals surface area contributed by atoms with Crippen LogP contribution in [-0.4, -0.2) is 31.4 Å². The van der Waals surface area contributed by atoms with E-state index in [9.17, 15) is 13.5 Å². The molecule has 0 atom stereocenters. The lowest BCUT2D eigenvalue weighted by Gasteiger charge is -2.25. The van der Waals surface area contributed by atoms with Crippen LogP contribution in [0.15, 0.2) is 0 Å². The molecule has 1 fully saturated rings. The number of sulfonamides is 1. The molecule has 90 valence electrons. The van der Waals surface area contributed by atoms with Crippen molar-refractivity contribution in [2.24, 2.45) is 5.92 Å². The summed E-state index contributed by atoms with van der Waals surface area (Å²) in [6.07, 6.45) is 3.17. The average molecular weight is 235 g/mol. The normalized spacial score (nSPS) is 18.1. The van der Waals surface area contributed by atoms with Crippen LogP contribution in [0.1, 0.15) is 39.5 Å². The molecule has 1 rings (SSSR count). The van der Waals surface area contributed by atoms with Gasteiger partial charge in [0.25, 0.3) is 0 Å². The molecule has 15 heavy (non-hydrogen) atoms. The van der Waals surface area contributed by atoms with Crippen LogP contribution in [0.5, 0.6) is 0 Å². The molecule has 0 aromatic rings. The number of aliphatic hydroxyl groups is 1. The highest BCUT2D eigenvalue weighted by molar-refractivity contribution is 7.89. The Bertz CT molecular complexity index is 292. The first kappa shape index (κ1) is 12.9. The third-order valence-corrected chi connectivity index (χ3v) is 4.58. The minimum absolute atomic E-state index is 0.134. The molecule has 0 radical (unpaired) electrons. The van der Waals surface area contributed by atoms with Crippen molar-refractivity contribution in [3.63, 3.8) is 0 Å². The van der Waals surface area contributed by atoms with Gasteiger partial charge in [0.2, 0.25) is 10.0 Å². The molecule has 0 amide bonds. The average Bonchev–Trinajstić information content (AvgIpc) is 2.98. The molecule has 0 spiro atoms. The van der Waals surface area contributed by atoms with Gasteiger partial charge in [0.15, 0.2) is 0 Å². The van der Waals surface area contributed by atoms with E-state index in [4.69, 9.17) is 0 Å². The Kier molecular flexibility index (Phi) is 4.14. The Hall–Kier alpha value is -0.130. The second-order valence-corrected chi connectivity index (χ2v) is 6.33. The van der Waals surface area contributed by atoms with Crippen molar-refractivity contribution in [2.75, 3.05) is 12.3 Å². The Balaban J connectivity index is 2.40. The first-order valence-electron chi connectivity index (χ1n) is 5.60. The largest absolute Gasteiger partial charge is 0.389 e.